The molecule has 206 valence electrons. The van der Waals surface area contributed by atoms with Crippen LogP contribution in [0.3, 0.4) is 0 Å². The van der Waals surface area contributed by atoms with Gasteiger partial charge in [0.15, 0.2) is 6.20 Å². The molecule has 1 aliphatic carbocycles. The first-order valence-electron chi connectivity index (χ1n) is 15.1. The lowest BCUT2D eigenvalue weighted by Gasteiger charge is -2.26. The van der Waals surface area contributed by atoms with Gasteiger partial charge in [-0.3, -0.25) is 0 Å². The Balaban J connectivity index is 1.63. The molecule has 5 aromatic carbocycles. The third kappa shape index (κ3) is 4.27. The zero-order valence-corrected chi connectivity index (χ0v) is 25.5. The van der Waals surface area contributed by atoms with E-state index in [1.165, 1.54) is 83.2 Å². The molecule has 1 nitrogen and oxygen atoms in total. The highest BCUT2D eigenvalue weighted by molar-refractivity contribution is 6.09. The van der Waals surface area contributed by atoms with E-state index >= 15 is 0 Å². The van der Waals surface area contributed by atoms with Gasteiger partial charge in [-0.2, -0.15) is 0 Å². The highest BCUT2D eigenvalue weighted by atomic mass is 14.9. The van der Waals surface area contributed by atoms with Crippen LogP contribution < -0.4 is 4.57 Å². The number of hydrogen-bond donors (Lipinski definition) is 0. The number of hydrogen-bond acceptors (Lipinski definition) is 0. The minimum absolute atomic E-state index is 0.242. The van der Waals surface area contributed by atoms with E-state index in [9.17, 15) is 0 Å². The standard InChI is InChI=1S/C41H38N/c1-26-23-37-35-17-10-9-15-33(35)31-13-7-8-14-32(31)34-16-11-12-18-36(34)39(37)38(27(26)2)40-30-20-19-28(25-41(3,4)5)24-29(30)21-22-42(40)6/h7-24H,25H2,1-6H3/q+1. The highest BCUT2D eigenvalue weighted by Gasteiger charge is 2.29. The van der Waals surface area contributed by atoms with E-state index in [1.54, 1.807) is 0 Å². The predicted octanol–water partition coefficient (Wildman–Crippen LogP) is 10.5. The number of rotatable bonds is 2. The largest absolute Gasteiger partial charge is 0.221 e. The molecular formula is C41H38N+. The third-order valence-corrected chi connectivity index (χ3v) is 8.94. The Kier molecular flexibility index (Phi) is 6.17. The Hall–Kier alpha value is -4.49. The maximum absolute atomic E-state index is 2.42. The van der Waals surface area contributed by atoms with Crippen molar-refractivity contribution in [1.82, 2.24) is 0 Å². The van der Waals surface area contributed by atoms with E-state index in [0.29, 0.717) is 0 Å². The minimum atomic E-state index is 0.242. The van der Waals surface area contributed by atoms with Gasteiger partial charge in [0.25, 0.3) is 0 Å². The van der Waals surface area contributed by atoms with Gasteiger partial charge >= 0.3 is 0 Å². The highest BCUT2D eigenvalue weighted by Crippen LogP contribution is 2.52. The van der Waals surface area contributed by atoms with Crippen LogP contribution in [-0.4, -0.2) is 0 Å². The molecule has 6 aromatic rings. The minimum Gasteiger partial charge on any atom is -0.200 e. The lowest BCUT2D eigenvalue weighted by atomic mass is 9.76. The van der Waals surface area contributed by atoms with E-state index in [4.69, 9.17) is 0 Å². The summed E-state index contributed by atoms with van der Waals surface area (Å²) in [5.74, 6) is 0. The average molecular weight is 545 g/mol. The Labute approximate surface area is 250 Å². The normalized spacial score (nSPS) is 12.1. The summed E-state index contributed by atoms with van der Waals surface area (Å²) in [4.78, 5) is 0. The number of aryl methyl sites for hydroxylation is 2. The van der Waals surface area contributed by atoms with Crippen molar-refractivity contribution >= 4 is 10.8 Å². The molecule has 0 saturated heterocycles. The molecule has 0 saturated carbocycles. The topological polar surface area (TPSA) is 3.88 Å². The molecule has 0 unspecified atom stereocenters. The number of fused-ring (bicyclic) bond motifs is 9. The Bertz CT molecular complexity index is 2020. The second-order valence-electron chi connectivity index (χ2n) is 13.2. The van der Waals surface area contributed by atoms with E-state index in [0.717, 1.165) is 6.42 Å². The second kappa shape index (κ2) is 9.81. The molecule has 1 aromatic heterocycles. The predicted molar refractivity (Wildman–Crippen MR) is 178 cm³/mol. The molecule has 0 amide bonds. The van der Waals surface area contributed by atoms with Gasteiger partial charge in [0.05, 0.1) is 10.9 Å². The van der Waals surface area contributed by atoms with Crippen LogP contribution in [0.15, 0.2) is 109 Å². The van der Waals surface area contributed by atoms with Crippen LogP contribution in [0.4, 0.5) is 0 Å². The maximum Gasteiger partial charge on any atom is 0.221 e. The first-order valence-corrected chi connectivity index (χ1v) is 15.1. The summed E-state index contributed by atoms with van der Waals surface area (Å²) < 4.78 is 2.33. The molecule has 0 radical (unpaired) electrons. The fraction of sp³-hybridized carbons (Fsp3) is 0.195. The number of benzene rings is 5. The van der Waals surface area contributed by atoms with Crippen molar-refractivity contribution in [2.45, 2.75) is 41.0 Å². The number of pyridine rings is 1. The molecule has 1 heteroatoms. The van der Waals surface area contributed by atoms with Gasteiger partial charge in [-0.25, -0.2) is 4.57 Å². The molecule has 1 heterocycles. The van der Waals surface area contributed by atoms with Gasteiger partial charge in [0.1, 0.15) is 7.05 Å². The fourth-order valence-corrected chi connectivity index (χ4v) is 7.00. The smallest absolute Gasteiger partial charge is 0.200 e. The first-order chi connectivity index (χ1) is 20.2. The summed E-state index contributed by atoms with van der Waals surface area (Å²) in [5.41, 5.74) is 17.2. The van der Waals surface area contributed by atoms with Crippen LogP contribution >= 0.6 is 0 Å². The van der Waals surface area contributed by atoms with Gasteiger partial charge in [0, 0.05) is 11.6 Å². The SMILES string of the molecule is Cc1cc2c(c(-c3c4ccc(CC(C)(C)C)cc4cc[n+]3C)c1C)-c1ccccc1-c1ccccc1-c1ccccc1-2. The number of aromatic nitrogens is 1. The molecule has 0 N–H and O–H groups in total. The summed E-state index contributed by atoms with van der Waals surface area (Å²) in [6.45, 7) is 11.5. The summed E-state index contributed by atoms with van der Waals surface area (Å²) in [5, 5.41) is 2.59. The summed E-state index contributed by atoms with van der Waals surface area (Å²) in [6, 6.07) is 38.6. The Morgan fingerprint density at radius 3 is 1.67 bits per heavy atom. The first kappa shape index (κ1) is 26.4. The zero-order chi connectivity index (χ0) is 29.2. The maximum atomic E-state index is 2.42. The van der Waals surface area contributed by atoms with Crippen LogP contribution in [0.5, 0.6) is 0 Å². The fourth-order valence-electron chi connectivity index (χ4n) is 7.00. The van der Waals surface area contributed by atoms with Crippen molar-refractivity contribution < 1.29 is 4.57 Å². The van der Waals surface area contributed by atoms with Crippen molar-refractivity contribution in [2.75, 3.05) is 0 Å². The van der Waals surface area contributed by atoms with Crippen molar-refractivity contribution in [2.24, 2.45) is 12.5 Å². The van der Waals surface area contributed by atoms with Gasteiger partial charge in [-0.05, 0) is 92.8 Å². The molecular weight excluding hydrogens is 506 g/mol. The van der Waals surface area contributed by atoms with E-state index in [1.807, 2.05) is 0 Å². The van der Waals surface area contributed by atoms with Crippen molar-refractivity contribution in [3.8, 4) is 55.8 Å². The lowest BCUT2D eigenvalue weighted by molar-refractivity contribution is -0.659. The number of nitrogens with zero attached hydrogens (tertiary/aromatic N) is 1. The van der Waals surface area contributed by atoms with E-state index in [-0.39, 0.29) is 5.41 Å². The molecule has 42 heavy (non-hydrogen) atoms. The van der Waals surface area contributed by atoms with Gasteiger partial charge in [0.2, 0.25) is 5.69 Å². The van der Waals surface area contributed by atoms with Crippen LogP contribution in [0.1, 0.15) is 37.5 Å². The Morgan fingerprint density at radius 1 is 0.571 bits per heavy atom. The molecule has 0 aliphatic heterocycles. The molecule has 0 atom stereocenters. The van der Waals surface area contributed by atoms with Crippen LogP contribution in [-0.2, 0) is 13.5 Å². The second-order valence-corrected chi connectivity index (χ2v) is 13.2. The van der Waals surface area contributed by atoms with Crippen LogP contribution in [0, 0.1) is 19.3 Å². The lowest BCUT2D eigenvalue weighted by Crippen LogP contribution is -2.31. The third-order valence-electron chi connectivity index (χ3n) is 8.94. The average Bonchev–Trinajstić information content (AvgIpc) is 2.97. The summed E-state index contributed by atoms with van der Waals surface area (Å²) in [6.07, 6.45) is 3.30. The monoisotopic (exact) mass is 544 g/mol. The van der Waals surface area contributed by atoms with Gasteiger partial charge < -0.3 is 0 Å². The van der Waals surface area contributed by atoms with Crippen molar-refractivity contribution in [3.05, 3.63) is 126 Å². The summed E-state index contributed by atoms with van der Waals surface area (Å²) >= 11 is 0. The molecule has 0 spiro atoms. The van der Waals surface area contributed by atoms with Crippen LogP contribution in [0.25, 0.3) is 66.5 Å². The molecule has 0 fully saturated rings. The Morgan fingerprint density at radius 2 is 1.10 bits per heavy atom. The van der Waals surface area contributed by atoms with E-state index < -0.39 is 0 Å². The van der Waals surface area contributed by atoms with Crippen molar-refractivity contribution in [1.29, 1.82) is 0 Å². The van der Waals surface area contributed by atoms with Gasteiger partial charge in [-0.1, -0.05) is 112 Å². The molecule has 0 bridgehead atoms. The molecule has 7 rings (SSSR count). The quantitative estimate of drug-likeness (QED) is 0.191. The molecule has 1 aliphatic rings. The van der Waals surface area contributed by atoms with Crippen LogP contribution in [0.2, 0.25) is 0 Å². The zero-order valence-electron chi connectivity index (χ0n) is 25.5. The van der Waals surface area contributed by atoms with E-state index in [2.05, 4.69) is 156 Å². The van der Waals surface area contributed by atoms with Crippen molar-refractivity contribution in [3.63, 3.8) is 0 Å². The van der Waals surface area contributed by atoms with Gasteiger partial charge in [-0.15, -0.1) is 0 Å². The summed E-state index contributed by atoms with van der Waals surface area (Å²) in [7, 11) is 2.20.